The fraction of sp³-hybridized carbons (Fsp3) is 0. The van der Waals surface area contributed by atoms with E-state index in [1.807, 2.05) is 0 Å². The molecule has 8 heteroatoms. The van der Waals surface area contributed by atoms with Gasteiger partial charge in [-0.2, -0.15) is 0 Å². The maximum atomic E-state index is 11.2. The molecule has 0 saturated carbocycles. The highest BCUT2D eigenvalue weighted by Gasteiger charge is 2.23. The topological polar surface area (TPSA) is 30.0 Å². The van der Waals surface area contributed by atoms with E-state index in [1.165, 1.54) is 12.4 Å². The first kappa shape index (κ1) is 16.2. The standard InChI is InChI=1S/C12H3Cl6NO/c13-6-2-19-1-4(5(6)3-20)7-8(14)10(16)12(18)11(17)9(7)15/h1-3H. The average Bonchev–Trinajstić information content (AvgIpc) is 2.43. The third-order valence-electron chi connectivity index (χ3n) is 2.54. The van der Waals surface area contributed by atoms with Crippen molar-refractivity contribution in [1.82, 2.24) is 4.98 Å². The highest BCUT2D eigenvalue weighted by Crippen LogP contribution is 2.48. The molecule has 104 valence electrons. The van der Waals surface area contributed by atoms with Crippen molar-refractivity contribution in [3.63, 3.8) is 0 Å². The van der Waals surface area contributed by atoms with Crippen molar-refractivity contribution in [3.8, 4) is 11.1 Å². The van der Waals surface area contributed by atoms with Crippen molar-refractivity contribution < 1.29 is 4.79 Å². The molecule has 1 aromatic carbocycles. The number of nitrogens with zero attached hydrogens (tertiary/aromatic N) is 1. The zero-order valence-electron chi connectivity index (χ0n) is 9.36. The summed E-state index contributed by atoms with van der Waals surface area (Å²) in [5.41, 5.74) is 0.757. The van der Waals surface area contributed by atoms with Gasteiger partial charge in [-0.1, -0.05) is 69.6 Å². The van der Waals surface area contributed by atoms with E-state index in [0.29, 0.717) is 11.8 Å². The summed E-state index contributed by atoms with van der Waals surface area (Å²) in [5, 5.41) is 0.405. The summed E-state index contributed by atoms with van der Waals surface area (Å²) in [6, 6.07) is 0. The lowest BCUT2D eigenvalue weighted by molar-refractivity contribution is 0.112. The SMILES string of the molecule is O=Cc1c(Cl)cncc1-c1c(Cl)c(Cl)c(Cl)c(Cl)c1Cl. The molecule has 0 aliphatic rings. The van der Waals surface area contributed by atoms with E-state index in [9.17, 15) is 4.79 Å². The molecule has 0 amide bonds. The van der Waals surface area contributed by atoms with Crippen LogP contribution in [0.2, 0.25) is 30.1 Å². The van der Waals surface area contributed by atoms with E-state index < -0.39 is 0 Å². The Hall–Kier alpha value is -0.220. The number of hydrogen-bond donors (Lipinski definition) is 0. The zero-order valence-corrected chi connectivity index (χ0v) is 13.9. The quantitative estimate of drug-likeness (QED) is 0.334. The summed E-state index contributed by atoms with van der Waals surface area (Å²) in [6.45, 7) is 0. The van der Waals surface area contributed by atoms with Crippen LogP contribution in [0.4, 0.5) is 0 Å². The van der Waals surface area contributed by atoms with Gasteiger partial charge in [-0.15, -0.1) is 0 Å². The molecule has 0 spiro atoms. The van der Waals surface area contributed by atoms with Crippen molar-refractivity contribution in [2.24, 2.45) is 0 Å². The average molecular weight is 390 g/mol. The normalized spacial score (nSPS) is 10.7. The minimum Gasteiger partial charge on any atom is -0.298 e. The first-order valence-electron chi connectivity index (χ1n) is 5.00. The lowest BCUT2D eigenvalue weighted by Crippen LogP contribution is -1.94. The summed E-state index contributed by atoms with van der Waals surface area (Å²) in [4.78, 5) is 15.1. The maximum absolute atomic E-state index is 11.2. The molecule has 0 saturated heterocycles. The van der Waals surface area contributed by atoms with Crippen LogP contribution in [0.5, 0.6) is 0 Å². The van der Waals surface area contributed by atoms with Crippen LogP contribution in [-0.4, -0.2) is 11.3 Å². The highest BCUT2D eigenvalue weighted by atomic mass is 35.5. The van der Waals surface area contributed by atoms with Crippen LogP contribution in [0.1, 0.15) is 10.4 Å². The molecule has 0 aliphatic carbocycles. The number of pyridine rings is 1. The number of hydrogen-bond acceptors (Lipinski definition) is 2. The van der Waals surface area contributed by atoms with Gasteiger partial charge in [0.05, 0.1) is 30.1 Å². The monoisotopic (exact) mass is 387 g/mol. The minimum absolute atomic E-state index is 0.0366. The maximum Gasteiger partial charge on any atom is 0.152 e. The van der Waals surface area contributed by atoms with Crippen LogP contribution in [0.15, 0.2) is 12.4 Å². The highest BCUT2D eigenvalue weighted by molar-refractivity contribution is 6.56. The van der Waals surface area contributed by atoms with Gasteiger partial charge in [-0.05, 0) is 0 Å². The lowest BCUT2D eigenvalue weighted by atomic mass is 10.0. The first-order chi connectivity index (χ1) is 9.40. The number of aromatic nitrogens is 1. The second-order valence-electron chi connectivity index (χ2n) is 3.65. The fourth-order valence-corrected chi connectivity index (χ4v) is 3.15. The van der Waals surface area contributed by atoms with Gasteiger partial charge in [0, 0.05) is 29.1 Å². The predicted molar refractivity (Wildman–Crippen MR) is 85.1 cm³/mol. The van der Waals surface area contributed by atoms with Gasteiger partial charge >= 0.3 is 0 Å². The van der Waals surface area contributed by atoms with E-state index in [4.69, 9.17) is 69.6 Å². The summed E-state index contributed by atoms with van der Waals surface area (Å²) < 4.78 is 0. The number of benzene rings is 1. The van der Waals surface area contributed by atoms with Gasteiger partial charge in [0.2, 0.25) is 0 Å². The summed E-state index contributed by atoms with van der Waals surface area (Å²) >= 11 is 36.1. The molecule has 0 aliphatic heterocycles. The summed E-state index contributed by atoms with van der Waals surface area (Å²) in [5.74, 6) is 0. The van der Waals surface area contributed by atoms with Gasteiger partial charge in [-0.25, -0.2) is 0 Å². The zero-order chi connectivity index (χ0) is 15.0. The van der Waals surface area contributed by atoms with Crippen LogP contribution < -0.4 is 0 Å². The Labute approximate surface area is 144 Å². The van der Waals surface area contributed by atoms with Crippen LogP contribution in [0, 0.1) is 0 Å². The first-order valence-corrected chi connectivity index (χ1v) is 7.27. The van der Waals surface area contributed by atoms with Gasteiger partial charge in [-0.3, -0.25) is 9.78 Å². The van der Waals surface area contributed by atoms with Crippen molar-refractivity contribution in [3.05, 3.63) is 48.1 Å². The molecule has 1 aromatic heterocycles. The van der Waals surface area contributed by atoms with Crippen LogP contribution in [-0.2, 0) is 0 Å². The van der Waals surface area contributed by atoms with E-state index in [1.54, 1.807) is 0 Å². The van der Waals surface area contributed by atoms with E-state index in [0.717, 1.165) is 0 Å². The molecule has 2 nitrogen and oxygen atoms in total. The van der Waals surface area contributed by atoms with Crippen LogP contribution in [0.25, 0.3) is 11.1 Å². The molecular weight excluding hydrogens is 387 g/mol. The predicted octanol–water partition coefficient (Wildman–Crippen LogP) is 6.48. The smallest absolute Gasteiger partial charge is 0.152 e. The lowest BCUT2D eigenvalue weighted by Gasteiger charge is -2.14. The van der Waals surface area contributed by atoms with Crippen LogP contribution >= 0.6 is 69.6 Å². The van der Waals surface area contributed by atoms with Gasteiger partial charge < -0.3 is 0 Å². The fourth-order valence-electron chi connectivity index (χ4n) is 1.61. The molecule has 0 radical (unpaired) electrons. The van der Waals surface area contributed by atoms with Crippen LogP contribution in [0.3, 0.4) is 0 Å². The number of carbonyl (C=O) groups is 1. The Balaban J connectivity index is 2.91. The van der Waals surface area contributed by atoms with Gasteiger partial charge in [0.1, 0.15) is 0 Å². The minimum atomic E-state index is 0.0366. The second-order valence-corrected chi connectivity index (χ2v) is 5.94. The second kappa shape index (κ2) is 6.27. The number of halogens is 6. The largest absolute Gasteiger partial charge is 0.298 e. The molecule has 0 N–H and O–H groups in total. The third-order valence-corrected chi connectivity index (χ3v) is 5.11. The Kier molecular flexibility index (Phi) is 5.06. The number of rotatable bonds is 2. The molecular formula is C12H3Cl6NO. The molecule has 20 heavy (non-hydrogen) atoms. The Morgan fingerprint density at radius 1 is 0.800 bits per heavy atom. The Bertz CT molecular complexity index is 687. The molecule has 2 rings (SSSR count). The van der Waals surface area contributed by atoms with E-state index >= 15 is 0 Å². The van der Waals surface area contributed by atoms with E-state index in [2.05, 4.69) is 4.98 Å². The summed E-state index contributed by atoms with van der Waals surface area (Å²) in [6.07, 6.45) is 3.29. The van der Waals surface area contributed by atoms with Crippen molar-refractivity contribution >= 4 is 75.9 Å². The Morgan fingerprint density at radius 3 is 1.80 bits per heavy atom. The Morgan fingerprint density at radius 2 is 1.30 bits per heavy atom. The number of aldehydes is 1. The molecule has 0 unspecified atom stereocenters. The van der Waals surface area contributed by atoms with Gasteiger partial charge in [0.25, 0.3) is 0 Å². The third kappa shape index (κ3) is 2.61. The van der Waals surface area contributed by atoms with Crippen molar-refractivity contribution in [1.29, 1.82) is 0 Å². The van der Waals surface area contributed by atoms with Gasteiger partial charge in [0.15, 0.2) is 6.29 Å². The van der Waals surface area contributed by atoms with Crippen molar-refractivity contribution in [2.45, 2.75) is 0 Å². The number of carbonyl (C=O) groups excluding carboxylic acids is 1. The summed E-state index contributed by atoms with van der Waals surface area (Å²) in [7, 11) is 0. The molecule has 0 bridgehead atoms. The van der Waals surface area contributed by atoms with Crippen molar-refractivity contribution in [2.75, 3.05) is 0 Å². The molecule has 0 fully saturated rings. The molecule has 1 heterocycles. The molecule has 2 aromatic rings. The van der Waals surface area contributed by atoms with E-state index in [-0.39, 0.29) is 41.3 Å². The molecule has 0 atom stereocenters.